The molecule has 3 rings (SSSR count). The highest BCUT2D eigenvalue weighted by atomic mass is 32.2. The van der Waals surface area contributed by atoms with E-state index < -0.39 is 33.4 Å². The number of carbonyl (C=O) groups excluding carboxylic acids is 1. The molecule has 0 aliphatic carbocycles. The van der Waals surface area contributed by atoms with Crippen molar-refractivity contribution in [2.45, 2.75) is 11.1 Å². The fourth-order valence-electron chi connectivity index (χ4n) is 3.30. The fourth-order valence-corrected chi connectivity index (χ4v) is 4.38. The van der Waals surface area contributed by atoms with Crippen LogP contribution in [-0.4, -0.2) is 66.1 Å². The van der Waals surface area contributed by atoms with Gasteiger partial charge in [-0.3, -0.25) is 4.79 Å². The number of carbonyl (C=O) groups is 1. The van der Waals surface area contributed by atoms with Crippen LogP contribution >= 0.6 is 0 Å². The summed E-state index contributed by atoms with van der Waals surface area (Å²) in [6, 6.07) is 7.28. The molecule has 1 aliphatic heterocycles. The molecule has 0 aromatic heterocycles. The highest BCUT2D eigenvalue weighted by Crippen LogP contribution is 2.38. The van der Waals surface area contributed by atoms with Crippen molar-refractivity contribution in [3.05, 3.63) is 47.5 Å². The number of hydrogen-bond donors (Lipinski definition) is 1. The van der Waals surface area contributed by atoms with E-state index in [4.69, 9.17) is 9.47 Å². The highest BCUT2D eigenvalue weighted by Gasteiger charge is 2.35. The largest absolute Gasteiger partial charge is 0.495 e. The molecule has 2 aromatic rings. The van der Waals surface area contributed by atoms with Gasteiger partial charge in [0.25, 0.3) is 5.91 Å². The van der Waals surface area contributed by atoms with Crippen molar-refractivity contribution < 1.29 is 35.9 Å². The topological polar surface area (TPSA) is 88.2 Å². The van der Waals surface area contributed by atoms with Gasteiger partial charge in [0.15, 0.2) is 0 Å². The van der Waals surface area contributed by atoms with Crippen LogP contribution in [0.4, 0.5) is 24.5 Å². The summed E-state index contributed by atoms with van der Waals surface area (Å²) in [5.74, 6) is -0.886. The zero-order valence-electron chi connectivity index (χ0n) is 18.3. The Labute approximate surface area is 189 Å². The molecule has 0 saturated carbocycles. The minimum atomic E-state index is -4.72. The number of alkyl halides is 3. The first-order valence-corrected chi connectivity index (χ1v) is 11.3. The minimum Gasteiger partial charge on any atom is -0.495 e. The van der Waals surface area contributed by atoms with Gasteiger partial charge in [0, 0.05) is 38.4 Å². The second-order valence-corrected chi connectivity index (χ2v) is 9.55. The van der Waals surface area contributed by atoms with E-state index in [2.05, 4.69) is 5.32 Å². The molecule has 1 aliphatic rings. The average molecular weight is 488 g/mol. The van der Waals surface area contributed by atoms with Crippen molar-refractivity contribution in [2.75, 3.05) is 57.7 Å². The van der Waals surface area contributed by atoms with E-state index in [0.717, 1.165) is 16.4 Å². The van der Waals surface area contributed by atoms with Crippen molar-refractivity contribution in [3.8, 4) is 5.75 Å². The number of morpholine rings is 1. The maximum atomic E-state index is 13.8. The number of sulfonamides is 1. The molecule has 8 nitrogen and oxygen atoms in total. The Bertz CT molecular complexity index is 1130. The van der Waals surface area contributed by atoms with Gasteiger partial charge in [0.2, 0.25) is 10.0 Å². The lowest BCUT2D eigenvalue weighted by Gasteiger charge is -2.29. The maximum Gasteiger partial charge on any atom is 0.418 e. The van der Waals surface area contributed by atoms with Crippen molar-refractivity contribution >= 4 is 27.3 Å². The zero-order valence-corrected chi connectivity index (χ0v) is 19.1. The molecule has 0 atom stereocenters. The first kappa shape index (κ1) is 24.8. The summed E-state index contributed by atoms with van der Waals surface area (Å²) in [6.45, 7) is 1.74. The zero-order chi connectivity index (χ0) is 24.4. The van der Waals surface area contributed by atoms with Crippen LogP contribution in [0.3, 0.4) is 0 Å². The van der Waals surface area contributed by atoms with Gasteiger partial charge in [-0.05, 0) is 36.4 Å². The normalized spacial score (nSPS) is 14.9. The number of nitrogens with one attached hydrogen (secondary N) is 1. The summed E-state index contributed by atoms with van der Waals surface area (Å²) < 4.78 is 77.7. The number of nitrogens with zero attached hydrogens (tertiary/aromatic N) is 2. The van der Waals surface area contributed by atoms with Crippen molar-refractivity contribution in [2.24, 2.45) is 0 Å². The van der Waals surface area contributed by atoms with E-state index in [1.807, 2.05) is 0 Å². The number of hydrogen-bond acceptors (Lipinski definition) is 6. The molecule has 1 heterocycles. The molecule has 0 bridgehead atoms. The van der Waals surface area contributed by atoms with E-state index in [1.54, 1.807) is 4.90 Å². The summed E-state index contributed by atoms with van der Waals surface area (Å²) in [5.41, 5.74) is -1.21. The van der Waals surface area contributed by atoms with Crippen LogP contribution in [-0.2, 0) is 20.9 Å². The monoisotopic (exact) mass is 487 g/mol. The number of rotatable bonds is 6. The number of ether oxygens (including phenoxy) is 2. The van der Waals surface area contributed by atoms with Gasteiger partial charge < -0.3 is 19.7 Å². The second-order valence-electron chi connectivity index (χ2n) is 7.43. The predicted molar refractivity (Wildman–Crippen MR) is 116 cm³/mol. The van der Waals surface area contributed by atoms with Crippen LogP contribution in [0.2, 0.25) is 0 Å². The average Bonchev–Trinajstić information content (AvgIpc) is 2.78. The smallest absolute Gasteiger partial charge is 0.418 e. The van der Waals surface area contributed by atoms with Crippen LogP contribution in [0, 0.1) is 0 Å². The van der Waals surface area contributed by atoms with E-state index in [0.29, 0.717) is 32.0 Å². The van der Waals surface area contributed by atoms with Crippen LogP contribution in [0.15, 0.2) is 41.3 Å². The quantitative estimate of drug-likeness (QED) is 0.674. The molecule has 1 amide bonds. The molecule has 33 heavy (non-hydrogen) atoms. The molecule has 2 aromatic carbocycles. The third-order valence-corrected chi connectivity index (χ3v) is 6.95. The molecular weight excluding hydrogens is 463 g/mol. The lowest BCUT2D eigenvalue weighted by molar-refractivity contribution is -0.136. The van der Waals surface area contributed by atoms with Crippen molar-refractivity contribution in [1.82, 2.24) is 4.31 Å². The molecule has 1 saturated heterocycles. The molecule has 1 fully saturated rings. The van der Waals surface area contributed by atoms with Gasteiger partial charge >= 0.3 is 6.18 Å². The Morgan fingerprint density at radius 1 is 1.12 bits per heavy atom. The van der Waals surface area contributed by atoms with Crippen molar-refractivity contribution in [1.29, 1.82) is 0 Å². The second kappa shape index (κ2) is 9.57. The molecule has 0 spiro atoms. The Kier molecular flexibility index (Phi) is 7.20. The predicted octanol–water partition coefficient (Wildman–Crippen LogP) is 3.05. The highest BCUT2D eigenvalue weighted by molar-refractivity contribution is 7.89. The lowest BCUT2D eigenvalue weighted by atomic mass is 10.1. The summed E-state index contributed by atoms with van der Waals surface area (Å²) in [4.78, 5) is 14.3. The number of benzene rings is 2. The number of methoxy groups -OCH3 is 1. The van der Waals surface area contributed by atoms with E-state index in [9.17, 15) is 26.4 Å². The summed E-state index contributed by atoms with van der Waals surface area (Å²) >= 11 is 0. The third kappa shape index (κ3) is 5.40. The number of halogens is 3. The third-order valence-electron chi connectivity index (χ3n) is 5.12. The SMILES string of the molecule is COc1ccc(C(=O)Nc2ccc(N3CCOCC3)cc2C(F)(F)F)cc1S(=O)(=O)N(C)C. The fraction of sp³-hybridized carbons (Fsp3) is 0.381. The van der Waals surface area contributed by atoms with Gasteiger partial charge in [-0.25, -0.2) is 12.7 Å². The van der Waals surface area contributed by atoms with Gasteiger partial charge in [-0.15, -0.1) is 0 Å². The summed E-state index contributed by atoms with van der Waals surface area (Å²) in [6.07, 6.45) is -4.72. The summed E-state index contributed by atoms with van der Waals surface area (Å²) in [5, 5.41) is 2.26. The van der Waals surface area contributed by atoms with Crippen LogP contribution in [0.1, 0.15) is 15.9 Å². The molecule has 0 unspecified atom stereocenters. The van der Waals surface area contributed by atoms with E-state index in [1.165, 1.54) is 45.5 Å². The number of amides is 1. The molecule has 180 valence electrons. The molecular formula is C21H24F3N3O5S. The Morgan fingerprint density at radius 3 is 2.36 bits per heavy atom. The van der Waals surface area contributed by atoms with Gasteiger partial charge in [0.1, 0.15) is 10.6 Å². The van der Waals surface area contributed by atoms with Crippen LogP contribution in [0.5, 0.6) is 5.75 Å². The Morgan fingerprint density at radius 2 is 1.79 bits per heavy atom. The Hall–Kier alpha value is -2.83. The lowest BCUT2D eigenvalue weighted by Crippen LogP contribution is -2.36. The first-order chi connectivity index (χ1) is 15.4. The van der Waals surface area contributed by atoms with Crippen molar-refractivity contribution in [3.63, 3.8) is 0 Å². The molecule has 12 heteroatoms. The van der Waals surface area contributed by atoms with Gasteiger partial charge in [0.05, 0.1) is 31.6 Å². The standard InChI is InChI=1S/C21H24F3N3O5S/c1-26(2)33(29,30)19-12-14(4-7-18(19)31-3)20(28)25-17-6-5-15(13-16(17)21(22,23)24)27-8-10-32-11-9-27/h4-7,12-13H,8-11H2,1-3H3,(H,25,28). The first-order valence-electron chi connectivity index (χ1n) is 9.91. The maximum absolute atomic E-state index is 13.8. The van der Waals surface area contributed by atoms with Gasteiger partial charge in [-0.2, -0.15) is 13.2 Å². The van der Waals surface area contributed by atoms with Gasteiger partial charge in [-0.1, -0.05) is 0 Å². The van der Waals surface area contributed by atoms with E-state index >= 15 is 0 Å². The Balaban J connectivity index is 1.95. The minimum absolute atomic E-state index is 0.00564. The summed E-state index contributed by atoms with van der Waals surface area (Å²) in [7, 11) is -0.0669. The van der Waals surface area contributed by atoms with Crippen LogP contribution in [0.25, 0.3) is 0 Å². The van der Waals surface area contributed by atoms with E-state index in [-0.39, 0.29) is 16.2 Å². The molecule has 0 radical (unpaired) electrons. The van der Waals surface area contributed by atoms with Crippen LogP contribution < -0.4 is 15.0 Å². The molecule has 1 N–H and O–H groups in total. The number of anilines is 2.